The first kappa shape index (κ1) is 11.3. The Morgan fingerprint density at radius 2 is 2.07 bits per heavy atom. The Kier molecular flexibility index (Phi) is 3.57. The molecule has 2 rings (SSSR count). The minimum atomic E-state index is -2.42. The molecule has 0 saturated carbocycles. The molecule has 2 aliphatic rings. The largest absolute Gasteiger partial charge is 0.313 e. The molecule has 1 N–H and O–H groups in total. The van der Waals surface area contributed by atoms with Crippen LogP contribution in [0.15, 0.2) is 0 Å². The van der Waals surface area contributed by atoms with Crippen molar-refractivity contribution in [2.75, 3.05) is 26.2 Å². The van der Waals surface area contributed by atoms with Crippen LogP contribution in [0.4, 0.5) is 8.78 Å². The fraction of sp³-hybridized carbons (Fsp3) is 1.00. The number of rotatable bonds is 2. The predicted molar refractivity (Wildman–Crippen MR) is 56.3 cm³/mol. The zero-order chi connectivity index (χ0) is 10.7. The van der Waals surface area contributed by atoms with Gasteiger partial charge >= 0.3 is 0 Å². The van der Waals surface area contributed by atoms with Crippen LogP contribution in [-0.2, 0) is 0 Å². The Hall–Kier alpha value is -0.220. The van der Waals surface area contributed by atoms with Crippen LogP contribution in [0.3, 0.4) is 0 Å². The molecule has 88 valence electrons. The maximum atomic E-state index is 13.1. The fourth-order valence-corrected chi connectivity index (χ4v) is 2.53. The Balaban J connectivity index is 1.78. The molecule has 15 heavy (non-hydrogen) atoms. The van der Waals surface area contributed by atoms with Crippen molar-refractivity contribution in [3.05, 3.63) is 0 Å². The van der Waals surface area contributed by atoms with E-state index in [9.17, 15) is 8.78 Å². The molecule has 0 spiro atoms. The van der Waals surface area contributed by atoms with Crippen LogP contribution in [0.5, 0.6) is 0 Å². The molecule has 0 aromatic rings. The second kappa shape index (κ2) is 4.74. The van der Waals surface area contributed by atoms with E-state index in [1.54, 1.807) is 0 Å². The molecule has 0 bridgehead atoms. The van der Waals surface area contributed by atoms with E-state index < -0.39 is 5.92 Å². The lowest BCUT2D eigenvalue weighted by Crippen LogP contribution is -2.38. The highest BCUT2D eigenvalue weighted by Crippen LogP contribution is 2.27. The molecule has 2 fully saturated rings. The lowest BCUT2D eigenvalue weighted by atomic mass is 10.1. The first-order chi connectivity index (χ1) is 7.16. The monoisotopic (exact) mass is 218 g/mol. The fourth-order valence-electron chi connectivity index (χ4n) is 2.53. The minimum absolute atomic E-state index is 0.0414. The van der Waals surface area contributed by atoms with E-state index in [2.05, 4.69) is 10.2 Å². The van der Waals surface area contributed by atoms with Gasteiger partial charge in [0.1, 0.15) is 0 Å². The van der Waals surface area contributed by atoms with Crippen LogP contribution in [0, 0.1) is 0 Å². The second-order valence-corrected chi connectivity index (χ2v) is 4.80. The lowest BCUT2D eigenvalue weighted by molar-refractivity contribution is -0.0131. The standard InChI is InChI=1S/C11H20F2N2/c12-11(13)4-2-7-15(8-5-11)9-10-3-1-6-14-10/h10,14H,1-9H2. The molecule has 0 aliphatic carbocycles. The normalized spacial score (nSPS) is 32.8. The summed E-state index contributed by atoms with van der Waals surface area (Å²) in [6.45, 7) is 3.45. The van der Waals surface area contributed by atoms with Crippen molar-refractivity contribution < 1.29 is 8.78 Å². The summed E-state index contributed by atoms with van der Waals surface area (Å²) < 4.78 is 26.2. The molecule has 2 saturated heterocycles. The second-order valence-electron chi connectivity index (χ2n) is 4.80. The zero-order valence-corrected chi connectivity index (χ0v) is 9.14. The van der Waals surface area contributed by atoms with Gasteiger partial charge in [-0.1, -0.05) is 0 Å². The molecular formula is C11H20F2N2. The summed E-state index contributed by atoms with van der Waals surface area (Å²) in [5.74, 6) is -2.42. The van der Waals surface area contributed by atoms with Crippen molar-refractivity contribution in [2.24, 2.45) is 0 Å². The summed E-state index contributed by atoms with van der Waals surface area (Å²) in [5.41, 5.74) is 0. The van der Waals surface area contributed by atoms with Crippen LogP contribution >= 0.6 is 0 Å². The summed E-state index contributed by atoms with van der Waals surface area (Å²) in [6, 6.07) is 0.539. The first-order valence-electron chi connectivity index (χ1n) is 5.99. The smallest absolute Gasteiger partial charge is 0.249 e. The van der Waals surface area contributed by atoms with Gasteiger partial charge in [0.15, 0.2) is 0 Å². The highest BCUT2D eigenvalue weighted by molar-refractivity contribution is 4.81. The summed E-state index contributed by atoms with van der Waals surface area (Å²) in [5, 5.41) is 3.42. The molecule has 0 amide bonds. The lowest BCUT2D eigenvalue weighted by Gasteiger charge is -2.23. The summed E-state index contributed by atoms with van der Waals surface area (Å²) in [4.78, 5) is 2.20. The molecule has 1 unspecified atom stereocenters. The Morgan fingerprint density at radius 3 is 2.80 bits per heavy atom. The molecule has 2 aliphatic heterocycles. The van der Waals surface area contributed by atoms with Gasteiger partial charge in [-0.05, 0) is 32.4 Å². The number of nitrogens with zero attached hydrogens (tertiary/aromatic N) is 1. The summed E-state index contributed by atoms with van der Waals surface area (Å²) in [7, 11) is 0. The van der Waals surface area contributed by atoms with Gasteiger partial charge in [-0.25, -0.2) is 8.78 Å². The topological polar surface area (TPSA) is 15.3 Å². The molecule has 2 heterocycles. The Morgan fingerprint density at radius 1 is 1.20 bits per heavy atom. The summed E-state index contributed by atoms with van der Waals surface area (Å²) in [6.07, 6.45) is 3.18. The number of halogens is 2. The van der Waals surface area contributed by atoms with Crippen molar-refractivity contribution in [3.8, 4) is 0 Å². The van der Waals surface area contributed by atoms with E-state index in [0.29, 0.717) is 19.0 Å². The van der Waals surface area contributed by atoms with Gasteiger partial charge in [0, 0.05) is 32.0 Å². The predicted octanol–water partition coefficient (Wildman–Crippen LogP) is 1.86. The number of alkyl halides is 2. The molecule has 4 heteroatoms. The molecule has 2 nitrogen and oxygen atoms in total. The molecule has 0 radical (unpaired) electrons. The Labute approximate surface area is 90.0 Å². The molecule has 1 atom stereocenters. The zero-order valence-electron chi connectivity index (χ0n) is 9.14. The minimum Gasteiger partial charge on any atom is -0.313 e. The molecule has 0 aromatic heterocycles. The van der Waals surface area contributed by atoms with Gasteiger partial charge in [0.2, 0.25) is 5.92 Å². The van der Waals surface area contributed by atoms with Crippen molar-refractivity contribution >= 4 is 0 Å². The maximum Gasteiger partial charge on any atom is 0.249 e. The number of hydrogen-bond donors (Lipinski definition) is 1. The van der Waals surface area contributed by atoms with E-state index in [1.807, 2.05) is 0 Å². The Bertz CT molecular complexity index is 203. The van der Waals surface area contributed by atoms with Crippen molar-refractivity contribution in [1.82, 2.24) is 10.2 Å². The van der Waals surface area contributed by atoms with E-state index in [1.165, 1.54) is 12.8 Å². The van der Waals surface area contributed by atoms with Crippen LogP contribution in [-0.4, -0.2) is 43.0 Å². The van der Waals surface area contributed by atoms with Crippen molar-refractivity contribution in [3.63, 3.8) is 0 Å². The van der Waals surface area contributed by atoms with Crippen LogP contribution in [0.2, 0.25) is 0 Å². The highest BCUT2D eigenvalue weighted by atomic mass is 19.3. The van der Waals surface area contributed by atoms with Gasteiger partial charge in [0.25, 0.3) is 0 Å². The third-order valence-corrected chi connectivity index (χ3v) is 3.45. The quantitative estimate of drug-likeness (QED) is 0.761. The van der Waals surface area contributed by atoms with E-state index in [0.717, 1.165) is 19.6 Å². The average Bonchev–Trinajstić information content (AvgIpc) is 2.60. The summed E-state index contributed by atoms with van der Waals surface area (Å²) >= 11 is 0. The van der Waals surface area contributed by atoms with Gasteiger partial charge in [-0.15, -0.1) is 0 Å². The average molecular weight is 218 g/mol. The number of hydrogen-bond acceptors (Lipinski definition) is 2. The van der Waals surface area contributed by atoms with Crippen molar-refractivity contribution in [2.45, 2.75) is 44.1 Å². The maximum absolute atomic E-state index is 13.1. The van der Waals surface area contributed by atoms with Crippen LogP contribution in [0.25, 0.3) is 0 Å². The number of nitrogens with one attached hydrogen (secondary N) is 1. The highest BCUT2D eigenvalue weighted by Gasteiger charge is 2.32. The van der Waals surface area contributed by atoms with Gasteiger partial charge in [-0.3, -0.25) is 0 Å². The molecule has 0 aromatic carbocycles. The first-order valence-corrected chi connectivity index (χ1v) is 5.99. The van der Waals surface area contributed by atoms with E-state index in [-0.39, 0.29) is 12.8 Å². The third-order valence-electron chi connectivity index (χ3n) is 3.45. The van der Waals surface area contributed by atoms with Gasteiger partial charge in [-0.2, -0.15) is 0 Å². The van der Waals surface area contributed by atoms with Crippen molar-refractivity contribution in [1.29, 1.82) is 0 Å². The molecular weight excluding hydrogens is 198 g/mol. The number of likely N-dealkylation sites (tertiary alicyclic amines) is 1. The van der Waals surface area contributed by atoms with E-state index >= 15 is 0 Å². The van der Waals surface area contributed by atoms with Crippen LogP contribution < -0.4 is 5.32 Å². The van der Waals surface area contributed by atoms with Gasteiger partial charge < -0.3 is 10.2 Å². The van der Waals surface area contributed by atoms with E-state index in [4.69, 9.17) is 0 Å². The van der Waals surface area contributed by atoms with Gasteiger partial charge in [0.05, 0.1) is 0 Å². The van der Waals surface area contributed by atoms with Crippen LogP contribution in [0.1, 0.15) is 32.1 Å². The third kappa shape index (κ3) is 3.38. The SMILES string of the molecule is FC1(F)CCCN(CC2CCCN2)CC1.